The fraction of sp³-hybridized carbons (Fsp3) is 0.0526. The predicted molar refractivity (Wildman–Crippen MR) is 89.2 cm³/mol. The molecule has 0 radical (unpaired) electrons. The molecule has 0 aliphatic heterocycles. The summed E-state index contributed by atoms with van der Waals surface area (Å²) in [5, 5.41) is 2.70. The van der Waals surface area contributed by atoms with Crippen LogP contribution < -0.4 is 10.6 Å². The molecule has 0 N–H and O–H groups in total. The lowest BCUT2D eigenvalue weighted by atomic mass is 10.2. The Morgan fingerprint density at radius 3 is 1.57 bits per heavy atom. The molecule has 0 amide bonds. The molecule has 0 bridgehead atoms. The lowest BCUT2D eigenvalue weighted by molar-refractivity contribution is 0.627. The van der Waals surface area contributed by atoms with Crippen LogP contribution in [-0.4, -0.2) is 0 Å². The SMILES string of the molecule is [18F]c1ccc(CP(c2ccccc2)c2ccccc2)cc1. The summed E-state index contributed by atoms with van der Waals surface area (Å²) in [6.45, 7) is 0. The van der Waals surface area contributed by atoms with Crippen LogP contribution in [0.1, 0.15) is 5.56 Å². The topological polar surface area (TPSA) is 0 Å². The molecule has 21 heavy (non-hydrogen) atoms. The first-order valence-electron chi connectivity index (χ1n) is 6.95. The van der Waals surface area contributed by atoms with Crippen LogP contribution in [0.5, 0.6) is 0 Å². The standard InChI is InChI=1S/C19H16FP/c20-17-13-11-16(12-14-17)15-21(18-7-3-1-4-8-18)19-9-5-2-6-10-19/h1-14H,15H2/i20-1. The first kappa shape index (κ1) is 14.0. The van der Waals surface area contributed by atoms with Crippen molar-refractivity contribution in [3.63, 3.8) is 0 Å². The van der Waals surface area contributed by atoms with Gasteiger partial charge in [0.2, 0.25) is 0 Å². The van der Waals surface area contributed by atoms with Crippen molar-refractivity contribution < 1.29 is 4.39 Å². The zero-order valence-corrected chi connectivity index (χ0v) is 12.5. The second-order valence-electron chi connectivity index (χ2n) is 4.88. The largest absolute Gasteiger partial charge is 0.207 e. The molecule has 0 unspecified atom stereocenters. The van der Waals surface area contributed by atoms with Gasteiger partial charge in [-0.1, -0.05) is 72.8 Å². The molecule has 3 rings (SSSR count). The maximum Gasteiger partial charge on any atom is 0.123 e. The molecule has 0 aliphatic carbocycles. The van der Waals surface area contributed by atoms with E-state index in [-0.39, 0.29) is 5.82 Å². The van der Waals surface area contributed by atoms with Crippen LogP contribution in [0.3, 0.4) is 0 Å². The number of halogens is 1. The minimum absolute atomic E-state index is 0.178. The highest BCUT2D eigenvalue weighted by Crippen LogP contribution is 2.37. The molecule has 0 saturated carbocycles. The lowest BCUT2D eigenvalue weighted by Gasteiger charge is -2.19. The fourth-order valence-corrected chi connectivity index (χ4v) is 4.62. The summed E-state index contributed by atoms with van der Waals surface area (Å²) in [6, 6.07) is 28.0. The minimum atomic E-state index is -0.459. The van der Waals surface area contributed by atoms with Gasteiger partial charge >= 0.3 is 0 Å². The van der Waals surface area contributed by atoms with Crippen molar-refractivity contribution >= 4 is 18.5 Å². The van der Waals surface area contributed by atoms with E-state index < -0.39 is 7.92 Å². The summed E-state index contributed by atoms with van der Waals surface area (Å²) >= 11 is 0. The van der Waals surface area contributed by atoms with E-state index in [1.165, 1.54) is 16.2 Å². The van der Waals surface area contributed by atoms with E-state index in [0.717, 1.165) is 6.16 Å². The van der Waals surface area contributed by atoms with Crippen molar-refractivity contribution in [2.75, 3.05) is 0 Å². The van der Waals surface area contributed by atoms with Gasteiger partial charge in [0.25, 0.3) is 0 Å². The zero-order chi connectivity index (χ0) is 14.5. The molecule has 0 atom stereocenters. The van der Waals surface area contributed by atoms with Crippen LogP contribution in [0.2, 0.25) is 0 Å². The van der Waals surface area contributed by atoms with Gasteiger partial charge in [0.15, 0.2) is 0 Å². The van der Waals surface area contributed by atoms with Gasteiger partial charge in [-0.3, -0.25) is 0 Å². The molecule has 0 aliphatic rings. The van der Waals surface area contributed by atoms with E-state index >= 15 is 0 Å². The second-order valence-corrected chi connectivity index (χ2v) is 7.09. The van der Waals surface area contributed by atoms with Crippen molar-refractivity contribution in [3.8, 4) is 0 Å². The first-order valence-corrected chi connectivity index (χ1v) is 8.48. The van der Waals surface area contributed by atoms with Gasteiger partial charge in [-0.2, -0.15) is 0 Å². The van der Waals surface area contributed by atoms with Gasteiger partial charge in [-0.15, -0.1) is 0 Å². The third-order valence-corrected chi connectivity index (χ3v) is 5.91. The lowest BCUT2D eigenvalue weighted by Crippen LogP contribution is -2.12. The Balaban J connectivity index is 1.95. The Morgan fingerprint density at radius 2 is 1.10 bits per heavy atom. The molecule has 0 aromatic heterocycles. The van der Waals surface area contributed by atoms with Crippen molar-refractivity contribution in [3.05, 3.63) is 96.3 Å². The molecule has 2 heteroatoms. The number of hydrogen-bond acceptors (Lipinski definition) is 0. The molecular weight excluding hydrogens is 277 g/mol. The molecule has 0 spiro atoms. The summed E-state index contributed by atoms with van der Waals surface area (Å²) in [5.74, 6) is -0.178. The summed E-state index contributed by atoms with van der Waals surface area (Å²) in [7, 11) is -0.459. The molecule has 0 nitrogen and oxygen atoms in total. The van der Waals surface area contributed by atoms with Gasteiger partial charge in [0.1, 0.15) is 5.82 Å². The van der Waals surface area contributed by atoms with E-state index in [1.807, 2.05) is 24.3 Å². The van der Waals surface area contributed by atoms with Crippen molar-refractivity contribution in [1.82, 2.24) is 0 Å². The van der Waals surface area contributed by atoms with Crippen LogP contribution in [0, 0.1) is 5.82 Å². The van der Waals surface area contributed by atoms with Crippen molar-refractivity contribution in [2.45, 2.75) is 6.16 Å². The Hall–Kier alpha value is -1.98. The third-order valence-electron chi connectivity index (χ3n) is 3.39. The number of benzene rings is 3. The van der Waals surface area contributed by atoms with Crippen LogP contribution >= 0.6 is 7.92 Å². The third kappa shape index (κ3) is 3.56. The summed E-state index contributed by atoms with van der Waals surface area (Å²) in [5.41, 5.74) is 1.18. The van der Waals surface area contributed by atoms with E-state index in [0.29, 0.717) is 0 Å². The fourth-order valence-electron chi connectivity index (χ4n) is 2.32. The molecule has 0 saturated heterocycles. The monoisotopic (exact) mass is 293 g/mol. The van der Waals surface area contributed by atoms with Crippen molar-refractivity contribution in [2.24, 2.45) is 0 Å². The average molecular weight is 293 g/mol. The second kappa shape index (κ2) is 6.65. The molecule has 104 valence electrons. The predicted octanol–water partition coefficient (Wildman–Crippen LogP) is 4.46. The van der Waals surface area contributed by atoms with Crippen LogP contribution in [0.4, 0.5) is 4.39 Å². The summed E-state index contributed by atoms with van der Waals surface area (Å²) in [6.07, 6.45) is 0.934. The van der Waals surface area contributed by atoms with Gasteiger partial charge in [0, 0.05) is 6.16 Å². The number of rotatable bonds is 4. The van der Waals surface area contributed by atoms with Crippen molar-refractivity contribution in [1.29, 1.82) is 0 Å². The Bertz CT molecular complexity index is 638. The maximum atomic E-state index is 13.1. The molecule has 3 aromatic carbocycles. The zero-order valence-electron chi connectivity index (χ0n) is 11.6. The van der Waals surface area contributed by atoms with Gasteiger partial charge < -0.3 is 0 Å². The van der Waals surface area contributed by atoms with Gasteiger partial charge in [-0.25, -0.2) is 4.39 Å². The van der Waals surface area contributed by atoms with E-state index in [4.69, 9.17) is 0 Å². The molecule has 0 heterocycles. The normalized spacial score (nSPS) is 10.8. The van der Waals surface area contributed by atoms with Crippen LogP contribution in [0.15, 0.2) is 84.9 Å². The maximum absolute atomic E-state index is 13.1. The molecule has 3 aromatic rings. The average Bonchev–Trinajstić information content (AvgIpc) is 2.56. The Labute approximate surface area is 126 Å². The smallest absolute Gasteiger partial charge is 0.123 e. The van der Waals surface area contributed by atoms with Crippen LogP contribution in [-0.2, 0) is 6.16 Å². The van der Waals surface area contributed by atoms with E-state index in [2.05, 4.69) is 48.5 Å². The van der Waals surface area contributed by atoms with Gasteiger partial charge in [-0.05, 0) is 36.2 Å². The summed E-state index contributed by atoms with van der Waals surface area (Å²) < 4.78 is 13.1. The number of hydrogen-bond donors (Lipinski definition) is 0. The molecule has 0 fully saturated rings. The molecular formula is C19H16FP. The quantitative estimate of drug-likeness (QED) is 0.623. The minimum Gasteiger partial charge on any atom is -0.207 e. The highest BCUT2D eigenvalue weighted by molar-refractivity contribution is 7.72. The van der Waals surface area contributed by atoms with Gasteiger partial charge in [0.05, 0.1) is 0 Å². The van der Waals surface area contributed by atoms with E-state index in [9.17, 15) is 4.39 Å². The van der Waals surface area contributed by atoms with E-state index in [1.54, 1.807) is 12.1 Å². The first-order chi connectivity index (χ1) is 10.3. The summed E-state index contributed by atoms with van der Waals surface area (Å²) in [4.78, 5) is 0. The highest BCUT2D eigenvalue weighted by atomic mass is 31.1. The Morgan fingerprint density at radius 1 is 0.619 bits per heavy atom. The van der Waals surface area contributed by atoms with Crippen LogP contribution in [0.25, 0.3) is 0 Å². The highest BCUT2D eigenvalue weighted by Gasteiger charge is 2.13. The Kier molecular flexibility index (Phi) is 4.43.